The van der Waals surface area contributed by atoms with E-state index in [4.69, 9.17) is 0 Å². The first-order valence-corrected chi connectivity index (χ1v) is 9.72. The molecule has 0 N–H and O–H groups in total. The summed E-state index contributed by atoms with van der Waals surface area (Å²) in [5, 5.41) is 10.5. The Labute approximate surface area is 151 Å². The number of thioether (sulfide) groups is 1. The van der Waals surface area contributed by atoms with Gasteiger partial charge in [-0.2, -0.15) is 0 Å². The number of fused-ring (bicyclic) bond motifs is 3. The van der Waals surface area contributed by atoms with Gasteiger partial charge in [-0.1, -0.05) is 30.0 Å². The largest absolute Gasteiger partial charge is 0.342 e. The molecule has 1 saturated heterocycles. The highest BCUT2D eigenvalue weighted by Gasteiger charge is 2.25. The third-order valence-electron chi connectivity index (χ3n) is 4.87. The summed E-state index contributed by atoms with van der Waals surface area (Å²) >= 11 is 1.50. The molecule has 3 heterocycles. The smallest absolute Gasteiger partial charge is 0.235 e. The Morgan fingerprint density at radius 2 is 1.92 bits per heavy atom. The molecule has 4 rings (SSSR count). The summed E-state index contributed by atoms with van der Waals surface area (Å²) < 4.78 is 2.06. The van der Waals surface area contributed by atoms with Crippen LogP contribution < -0.4 is 0 Å². The Bertz CT molecular complexity index is 930. The number of carbonyl (C=O) groups is 1. The zero-order chi connectivity index (χ0) is 17.4. The fourth-order valence-electron chi connectivity index (χ4n) is 3.53. The van der Waals surface area contributed by atoms with Crippen molar-refractivity contribution in [3.63, 3.8) is 0 Å². The molecule has 2 aromatic heterocycles. The van der Waals surface area contributed by atoms with E-state index in [-0.39, 0.29) is 11.2 Å². The van der Waals surface area contributed by atoms with Crippen molar-refractivity contribution in [2.75, 3.05) is 13.1 Å². The summed E-state index contributed by atoms with van der Waals surface area (Å²) in [6, 6.07) is 10.3. The Hall–Kier alpha value is -2.08. The molecular weight excluding hydrogens is 332 g/mol. The number of aromatic nitrogens is 3. The molecule has 130 valence electrons. The zero-order valence-electron chi connectivity index (χ0n) is 14.6. The number of hydrogen-bond donors (Lipinski definition) is 0. The maximum Gasteiger partial charge on any atom is 0.235 e. The summed E-state index contributed by atoms with van der Waals surface area (Å²) in [5.74, 6) is 0.206. The van der Waals surface area contributed by atoms with E-state index in [0.717, 1.165) is 42.3 Å². The lowest BCUT2D eigenvalue weighted by Crippen LogP contribution is -2.40. The van der Waals surface area contributed by atoms with E-state index in [1.807, 2.05) is 24.0 Å². The molecule has 0 unspecified atom stereocenters. The predicted octanol–water partition coefficient (Wildman–Crippen LogP) is 3.68. The third kappa shape index (κ3) is 2.99. The number of pyridine rings is 1. The molecule has 25 heavy (non-hydrogen) atoms. The number of benzene rings is 1. The van der Waals surface area contributed by atoms with Crippen LogP contribution in [0.5, 0.6) is 0 Å². The fraction of sp³-hybridized carbons (Fsp3) is 0.421. The SMILES string of the molecule is Cc1cc2nnc(S[C@H](C)C(=O)N3CCCCC3)n2c2ccccc12. The molecule has 0 spiro atoms. The van der Waals surface area contributed by atoms with Crippen LogP contribution in [-0.2, 0) is 4.79 Å². The minimum Gasteiger partial charge on any atom is -0.342 e. The van der Waals surface area contributed by atoms with Crippen molar-refractivity contribution in [2.45, 2.75) is 43.5 Å². The number of nitrogens with zero attached hydrogens (tertiary/aromatic N) is 4. The Morgan fingerprint density at radius 3 is 2.72 bits per heavy atom. The first-order chi connectivity index (χ1) is 12.1. The van der Waals surface area contributed by atoms with Crippen LogP contribution in [0.4, 0.5) is 0 Å². The standard InChI is InChI=1S/C19H22N4OS/c1-13-12-17-20-21-19(23(17)16-9-5-4-8-15(13)16)25-14(2)18(24)22-10-6-3-7-11-22/h4-5,8-9,12,14H,3,6-7,10-11H2,1-2H3/t14-/m1/s1. The second-order valence-electron chi connectivity index (χ2n) is 6.67. The molecule has 0 saturated carbocycles. The van der Waals surface area contributed by atoms with Gasteiger partial charge in [0.25, 0.3) is 0 Å². The Kier molecular flexibility index (Phi) is 4.37. The van der Waals surface area contributed by atoms with Gasteiger partial charge in [0.15, 0.2) is 10.8 Å². The number of para-hydroxylation sites is 1. The molecule has 1 aromatic carbocycles. The predicted molar refractivity (Wildman–Crippen MR) is 101 cm³/mol. The number of piperidine rings is 1. The van der Waals surface area contributed by atoms with Crippen LogP contribution in [0.1, 0.15) is 31.7 Å². The maximum absolute atomic E-state index is 12.7. The van der Waals surface area contributed by atoms with Crippen molar-refractivity contribution in [3.8, 4) is 0 Å². The van der Waals surface area contributed by atoms with Crippen LogP contribution in [0.2, 0.25) is 0 Å². The molecule has 1 aliphatic rings. The molecule has 1 fully saturated rings. The first-order valence-electron chi connectivity index (χ1n) is 8.84. The number of amides is 1. The van der Waals surface area contributed by atoms with Gasteiger partial charge in [-0.3, -0.25) is 9.20 Å². The average molecular weight is 354 g/mol. The molecule has 0 bridgehead atoms. The van der Waals surface area contributed by atoms with Gasteiger partial charge in [-0.15, -0.1) is 10.2 Å². The monoisotopic (exact) mass is 354 g/mol. The number of aryl methyl sites for hydroxylation is 1. The van der Waals surface area contributed by atoms with E-state index in [1.54, 1.807) is 0 Å². The number of hydrogen-bond acceptors (Lipinski definition) is 4. The minimum atomic E-state index is -0.162. The van der Waals surface area contributed by atoms with Gasteiger partial charge in [0, 0.05) is 18.5 Å². The van der Waals surface area contributed by atoms with Crippen LogP contribution in [0.15, 0.2) is 35.5 Å². The van der Waals surface area contributed by atoms with Gasteiger partial charge in [-0.25, -0.2) is 0 Å². The molecule has 0 aliphatic carbocycles. The summed E-state index contributed by atoms with van der Waals surface area (Å²) in [5.41, 5.74) is 3.10. The lowest BCUT2D eigenvalue weighted by molar-refractivity contribution is -0.131. The summed E-state index contributed by atoms with van der Waals surface area (Å²) in [4.78, 5) is 14.7. The molecule has 1 amide bonds. The molecule has 6 heteroatoms. The van der Waals surface area contributed by atoms with Crippen molar-refractivity contribution in [1.29, 1.82) is 0 Å². The molecule has 0 radical (unpaired) electrons. The minimum absolute atomic E-state index is 0.162. The highest BCUT2D eigenvalue weighted by atomic mass is 32.2. The Balaban J connectivity index is 1.67. The lowest BCUT2D eigenvalue weighted by Gasteiger charge is -2.28. The van der Waals surface area contributed by atoms with Crippen molar-refractivity contribution in [3.05, 3.63) is 35.9 Å². The van der Waals surface area contributed by atoms with Crippen LogP contribution in [0, 0.1) is 6.92 Å². The lowest BCUT2D eigenvalue weighted by atomic mass is 10.1. The van der Waals surface area contributed by atoms with E-state index in [2.05, 4.69) is 39.7 Å². The van der Waals surface area contributed by atoms with Crippen molar-refractivity contribution >= 4 is 34.2 Å². The van der Waals surface area contributed by atoms with E-state index >= 15 is 0 Å². The summed E-state index contributed by atoms with van der Waals surface area (Å²) in [6.07, 6.45) is 3.45. The molecule has 5 nitrogen and oxygen atoms in total. The van der Waals surface area contributed by atoms with Crippen LogP contribution in [0.25, 0.3) is 16.6 Å². The summed E-state index contributed by atoms with van der Waals surface area (Å²) in [7, 11) is 0. The topological polar surface area (TPSA) is 50.5 Å². The van der Waals surface area contributed by atoms with Gasteiger partial charge in [-0.05, 0) is 50.8 Å². The normalized spacial score (nSPS) is 16.5. The highest BCUT2D eigenvalue weighted by molar-refractivity contribution is 8.00. The van der Waals surface area contributed by atoms with Crippen LogP contribution >= 0.6 is 11.8 Å². The molecule has 1 aliphatic heterocycles. The molecule has 3 aromatic rings. The van der Waals surface area contributed by atoms with Crippen LogP contribution in [-0.4, -0.2) is 43.7 Å². The van der Waals surface area contributed by atoms with Gasteiger partial charge in [0.2, 0.25) is 5.91 Å². The maximum atomic E-state index is 12.7. The van der Waals surface area contributed by atoms with Crippen molar-refractivity contribution in [2.24, 2.45) is 0 Å². The van der Waals surface area contributed by atoms with Crippen molar-refractivity contribution < 1.29 is 4.79 Å². The number of rotatable bonds is 3. The van der Waals surface area contributed by atoms with E-state index in [1.165, 1.54) is 29.1 Å². The van der Waals surface area contributed by atoms with E-state index < -0.39 is 0 Å². The van der Waals surface area contributed by atoms with Gasteiger partial charge >= 0.3 is 0 Å². The molecule has 1 atom stereocenters. The number of likely N-dealkylation sites (tertiary alicyclic amines) is 1. The second kappa shape index (κ2) is 6.67. The second-order valence-corrected chi connectivity index (χ2v) is 7.97. The van der Waals surface area contributed by atoms with E-state index in [9.17, 15) is 4.79 Å². The average Bonchev–Trinajstić information content (AvgIpc) is 3.04. The van der Waals surface area contributed by atoms with Gasteiger partial charge in [0.05, 0.1) is 10.8 Å². The first kappa shape index (κ1) is 16.4. The third-order valence-corrected chi connectivity index (χ3v) is 5.90. The fourth-order valence-corrected chi connectivity index (χ4v) is 4.48. The summed E-state index contributed by atoms with van der Waals surface area (Å²) in [6.45, 7) is 5.82. The highest BCUT2D eigenvalue weighted by Crippen LogP contribution is 2.29. The van der Waals surface area contributed by atoms with Crippen molar-refractivity contribution in [1.82, 2.24) is 19.5 Å². The van der Waals surface area contributed by atoms with Gasteiger partial charge in [0.1, 0.15) is 0 Å². The Morgan fingerprint density at radius 1 is 1.16 bits per heavy atom. The number of carbonyl (C=O) groups excluding carboxylic acids is 1. The zero-order valence-corrected chi connectivity index (χ0v) is 15.4. The van der Waals surface area contributed by atoms with Crippen LogP contribution in [0.3, 0.4) is 0 Å². The van der Waals surface area contributed by atoms with E-state index in [0.29, 0.717) is 0 Å². The van der Waals surface area contributed by atoms with Gasteiger partial charge < -0.3 is 4.90 Å². The quantitative estimate of drug-likeness (QED) is 0.673. The molecular formula is C19H22N4OS.